The van der Waals surface area contributed by atoms with E-state index in [4.69, 9.17) is 12.2 Å². The van der Waals surface area contributed by atoms with Crippen molar-refractivity contribution in [1.29, 1.82) is 0 Å². The summed E-state index contributed by atoms with van der Waals surface area (Å²) in [5.74, 6) is 1.43. The van der Waals surface area contributed by atoms with E-state index in [1.54, 1.807) is 0 Å². The smallest absolute Gasteiger partial charge is 0.199 e. The Morgan fingerprint density at radius 2 is 2.06 bits per heavy atom. The zero-order chi connectivity index (χ0) is 12.3. The van der Waals surface area contributed by atoms with Gasteiger partial charge in [0.1, 0.15) is 5.82 Å². The molecule has 0 fully saturated rings. The average Bonchev–Trinajstić information content (AvgIpc) is 2.73. The standard InChI is InChI=1S/C13H17N3S/c1-3-7-10(2)12-14-15-13(17)16(12)11-8-5-4-6-9-11/h4-6,8-10H,3,7H2,1-2H3,(H,15,17). The number of aromatic amines is 1. The highest BCUT2D eigenvalue weighted by molar-refractivity contribution is 7.71. The molecule has 0 bridgehead atoms. The number of H-pyrrole nitrogens is 1. The first-order chi connectivity index (χ1) is 8.24. The SMILES string of the molecule is CCCC(C)c1n[nH]c(=S)n1-c1ccccc1. The van der Waals surface area contributed by atoms with Crippen molar-refractivity contribution in [3.8, 4) is 5.69 Å². The Hall–Kier alpha value is -1.42. The maximum Gasteiger partial charge on any atom is 0.199 e. The van der Waals surface area contributed by atoms with E-state index >= 15 is 0 Å². The molecular weight excluding hydrogens is 230 g/mol. The molecule has 1 unspecified atom stereocenters. The lowest BCUT2D eigenvalue weighted by Gasteiger charge is -2.11. The molecule has 1 N–H and O–H groups in total. The number of benzene rings is 1. The van der Waals surface area contributed by atoms with Crippen LogP contribution in [0.1, 0.15) is 38.4 Å². The van der Waals surface area contributed by atoms with Crippen LogP contribution in [0.15, 0.2) is 30.3 Å². The minimum absolute atomic E-state index is 0.410. The van der Waals surface area contributed by atoms with Crippen LogP contribution in [-0.4, -0.2) is 14.8 Å². The second kappa shape index (κ2) is 5.27. The van der Waals surface area contributed by atoms with Gasteiger partial charge in [-0.1, -0.05) is 38.5 Å². The average molecular weight is 247 g/mol. The van der Waals surface area contributed by atoms with E-state index in [9.17, 15) is 0 Å². The minimum Gasteiger partial charge on any atom is -0.272 e. The summed E-state index contributed by atoms with van der Waals surface area (Å²) in [6.45, 7) is 4.37. The fraction of sp³-hybridized carbons (Fsp3) is 0.385. The summed E-state index contributed by atoms with van der Waals surface area (Å²) < 4.78 is 2.68. The molecule has 1 aromatic heterocycles. The van der Waals surface area contributed by atoms with Crippen molar-refractivity contribution in [3.05, 3.63) is 40.9 Å². The van der Waals surface area contributed by atoms with Crippen molar-refractivity contribution in [3.63, 3.8) is 0 Å². The van der Waals surface area contributed by atoms with Crippen LogP contribution >= 0.6 is 12.2 Å². The monoisotopic (exact) mass is 247 g/mol. The van der Waals surface area contributed by atoms with E-state index in [0.29, 0.717) is 10.7 Å². The maximum absolute atomic E-state index is 5.30. The van der Waals surface area contributed by atoms with Gasteiger partial charge in [-0.2, -0.15) is 5.10 Å². The van der Waals surface area contributed by atoms with Crippen molar-refractivity contribution in [1.82, 2.24) is 14.8 Å². The predicted octanol–water partition coefficient (Wildman–Crippen LogP) is 3.83. The van der Waals surface area contributed by atoms with Gasteiger partial charge in [-0.15, -0.1) is 0 Å². The number of rotatable bonds is 4. The molecule has 0 amide bonds. The van der Waals surface area contributed by atoms with E-state index in [-0.39, 0.29) is 0 Å². The van der Waals surface area contributed by atoms with Gasteiger partial charge in [0, 0.05) is 11.6 Å². The van der Waals surface area contributed by atoms with Gasteiger partial charge in [0.2, 0.25) is 0 Å². The predicted molar refractivity (Wildman–Crippen MR) is 72.1 cm³/mol. The molecule has 0 saturated carbocycles. The van der Waals surface area contributed by atoms with E-state index in [1.807, 2.05) is 34.9 Å². The molecule has 17 heavy (non-hydrogen) atoms. The molecule has 0 saturated heterocycles. The summed E-state index contributed by atoms with van der Waals surface area (Å²) >= 11 is 5.30. The second-order valence-corrected chi connectivity index (χ2v) is 4.63. The van der Waals surface area contributed by atoms with E-state index in [1.165, 1.54) is 0 Å². The van der Waals surface area contributed by atoms with Crippen molar-refractivity contribution in [2.45, 2.75) is 32.6 Å². The number of aromatic nitrogens is 3. The zero-order valence-electron chi connectivity index (χ0n) is 10.2. The van der Waals surface area contributed by atoms with Crippen molar-refractivity contribution >= 4 is 12.2 Å². The summed E-state index contributed by atoms with van der Waals surface area (Å²) in [6.07, 6.45) is 2.27. The second-order valence-electron chi connectivity index (χ2n) is 4.25. The highest BCUT2D eigenvalue weighted by Crippen LogP contribution is 2.21. The number of nitrogens with one attached hydrogen (secondary N) is 1. The fourth-order valence-corrected chi connectivity index (χ4v) is 2.27. The third kappa shape index (κ3) is 2.47. The molecule has 0 aliphatic carbocycles. The molecule has 1 atom stereocenters. The molecule has 4 heteroatoms. The Balaban J connectivity index is 2.47. The van der Waals surface area contributed by atoms with Crippen LogP contribution in [0.2, 0.25) is 0 Å². The first kappa shape index (κ1) is 12.0. The normalized spacial score (nSPS) is 12.6. The summed E-state index contributed by atoms with van der Waals surface area (Å²) in [4.78, 5) is 0. The van der Waals surface area contributed by atoms with Crippen LogP contribution in [0.5, 0.6) is 0 Å². The molecule has 2 rings (SSSR count). The van der Waals surface area contributed by atoms with E-state index in [2.05, 4.69) is 24.0 Å². The highest BCUT2D eigenvalue weighted by Gasteiger charge is 2.14. The molecule has 90 valence electrons. The lowest BCUT2D eigenvalue weighted by molar-refractivity contribution is 0.614. The van der Waals surface area contributed by atoms with Gasteiger partial charge < -0.3 is 0 Å². The van der Waals surface area contributed by atoms with Crippen molar-refractivity contribution < 1.29 is 0 Å². The Kier molecular flexibility index (Phi) is 3.74. The molecule has 0 aliphatic heterocycles. The molecule has 3 nitrogen and oxygen atoms in total. The lowest BCUT2D eigenvalue weighted by atomic mass is 10.1. The van der Waals surface area contributed by atoms with Gasteiger partial charge in [-0.3, -0.25) is 9.67 Å². The van der Waals surface area contributed by atoms with Crippen molar-refractivity contribution in [2.24, 2.45) is 0 Å². The van der Waals surface area contributed by atoms with Gasteiger partial charge >= 0.3 is 0 Å². The van der Waals surface area contributed by atoms with Crippen molar-refractivity contribution in [2.75, 3.05) is 0 Å². The highest BCUT2D eigenvalue weighted by atomic mass is 32.1. The third-order valence-corrected chi connectivity index (χ3v) is 3.15. The first-order valence-electron chi connectivity index (χ1n) is 5.96. The zero-order valence-corrected chi connectivity index (χ0v) is 11.0. The van der Waals surface area contributed by atoms with Gasteiger partial charge in [0.25, 0.3) is 0 Å². The molecular formula is C13H17N3S. The Labute approximate surface area is 106 Å². The van der Waals surface area contributed by atoms with Crippen LogP contribution in [0.25, 0.3) is 5.69 Å². The van der Waals surface area contributed by atoms with Gasteiger partial charge in [0.05, 0.1) is 0 Å². The van der Waals surface area contributed by atoms with Gasteiger partial charge in [-0.05, 0) is 30.8 Å². The Morgan fingerprint density at radius 1 is 1.35 bits per heavy atom. The summed E-state index contributed by atoms with van der Waals surface area (Å²) in [5.41, 5.74) is 1.07. The number of para-hydroxylation sites is 1. The van der Waals surface area contributed by atoms with E-state index < -0.39 is 0 Å². The van der Waals surface area contributed by atoms with Crippen LogP contribution in [0.3, 0.4) is 0 Å². The number of hydrogen-bond donors (Lipinski definition) is 1. The molecule has 0 aliphatic rings. The number of hydrogen-bond acceptors (Lipinski definition) is 2. The summed E-state index contributed by atoms with van der Waals surface area (Å²) in [7, 11) is 0. The molecule has 2 aromatic rings. The lowest BCUT2D eigenvalue weighted by Crippen LogP contribution is -2.05. The van der Waals surface area contributed by atoms with Gasteiger partial charge in [-0.25, -0.2) is 0 Å². The quantitative estimate of drug-likeness (QED) is 0.833. The summed E-state index contributed by atoms with van der Waals surface area (Å²) in [5, 5.41) is 7.25. The Bertz CT molecular complexity index is 527. The largest absolute Gasteiger partial charge is 0.272 e. The Morgan fingerprint density at radius 3 is 2.71 bits per heavy atom. The third-order valence-electron chi connectivity index (χ3n) is 2.88. The van der Waals surface area contributed by atoms with Crippen LogP contribution < -0.4 is 0 Å². The van der Waals surface area contributed by atoms with Crippen LogP contribution in [0, 0.1) is 4.77 Å². The fourth-order valence-electron chi connectivity index (χ4n) is 2.03. The minimum atomic E-state index is 0.410. The summed E-state index contributed by atoms with van der Waals surface area (Å²) in [6, 6.07) is 10.1. The van der Waals surface area contributed by atoms with E-state index in [0.717, 1.165) is 24.4 Å². The molecule has 1 aromatic carbocycles. The van der Waals surface area contributed by atoms with Crippen LogP contribution in [-0.2, 0) is 0 Å². The topological polar surface area (TPSA) is 33.6 Å². The molecule has 1 heterocycles. The molecule has 0 radical (unpaired) electrons. The van der Waals surface area contributed by atoms with Crippen LogP contribution in [0.4, 0.5) is 0 Å². The number of nitrogens with zero attached hydrogens (tertiary/aromatic N) is 2. The molecule has 0 spiro atoms. The first-order valence-corrected chi connectivity index (χ1v) is 6.37. The maximum atomic E-state index is 5.30. The van der Waals surface area contributed by atoms with Gasteiger partial charge in [0.15, 0.2) is 4.77 Å².